The number of carbonyl (C=O) groups excluding carboxylic acids is 2. The molecular weight excluding hydrogens is 427 g/mol. The van der Waals surface area contributed by atoms with E-state index in [4.69, 9.17) is 9.47 Å². The normalized spacial score (nSPS) is 20.4. The molecule has 2 amide bonds. The molecule has 0 fully saturated rings. The van der Waals surface area contributed by atoms with E-state index in [9.17, 15) is 22.8 Å². The van der Waals surface area contributed by atoms with Crippen molar-refractivity contribution in [3.8, 4) is 11.5 Å². The Morgan fingerprint density at radius 1 is 1.16 bits per heavy atom. The second-order valence-electron chi connectivity index (χ2n) is 7.78. The maximum Gasteiger partial charge on any atom is 0.409 e. The van der Waals surface area contributed by atoms with Crippen LogP contribution in [-0.4, -0.2) is 61.8 Å². The number of para-hydroxylation sites is 4. The summed E-state index contributed by atoms with van der Waals surface area (Å²) in [6, 6.07) is 10.9. The number of ether oxygens (including phenoxy) is 2. The first-order chi connectivity index (χ1) is 15.2. The zero-order valence-electron chi connectivity index (χ0n) is 17.3. The Morgan fingerprint density at radius 2 is 1.84 bits per heavy atom. The van der Waals surface area contributed by atoms with Gasteiger partial charge in [0.25, 0.3) is 0 Å². The number of alkyl halides is 3. The molecule has 4 rings (SSSR count). The van der Waals surface area contributed by atoms with Crippen molar-refractivity contribution in [1.29, 1.82) is 0 Å². The van der Waals surface area contributed by atoms with Crippen LogP contribution in [0.15, 0.2) is 48.5 Å². The van der Waals surface area contributed by atoms with Crippen LogP contribution in [0.3, 0.4) is 0 Å². The van der Waals surface area contributed by atoms with Gasteiger partial charge in [-0.3, -0.25) is 19.4 Å². The van der Waals surface area contributed by atoms with Gasteiger partial charge in [0, 0.05) is 6.54 Å². The minimum atomic E-state index is -4.77. The summed E-state index contributed by atoms with van der Waals surface area (Å²) in [4.78, 5) is 27.4. The average Bonchev–Trinajstić information content (AvgIpc) is 2.89. The Balaban J connectivity index is 1.51. The van der Waals surface area contributed by atoms with Crippen molar-refractivity contribution in [1.82, 2.24) is 4.90 Å². The molecule has 2 aliphatic rings. The van der Waals surface area contributed by atoms with Crippen LogP contribution in [0.4, 0.5) is 24.5 Å². The Labute approximate surface area is 182 Å². The van der Waals surface area contributed by atoms with Gasteiger partial charge >= 0.3 is 6.18 Å². The smallest absolute Gasteiger partial charge is 0.409 e. The van der Waals surface area contributed by atoms with E-state index in [0.717, 1.165) is 0 Å². The molecule has 0 saturated carbocycles. The average molecular weight is 449 g/mol. The van der Waals surface area contributed by atoms with E-state index in [2.05, 4.69) is 5.32 Å². The second-order valence-corrected chi connectivity index (χ2v) is 7.78. The fraction of sp³-hybridized carbons (Fsp3) is 0.364. The fourth-order valence-corrected chi connectivity index (χ4v) is 3.87. The third kappa shape index (κ3) is 4.64. The van der Waals surface area contributed by atoms with Crippen LogP contribution in [0, 0.1) is 0 Å². The van der Waals surface area contributed by atoms with E-state index in [1.807, 2.05) is 6.07 Å². The first kappa shape index (κ1) is 21.9. The van der Waals surface area contributed by atoms with Crippen LogP contribution < -0.4 is 19.7 Å². The lowest BCUT2D eigenvalue weighted by atomic mass is 10.1. The summed E-state index contributed by atoms with van der Waals surface area (Å²) < 4.78 is 53.0. The molecule has 2 atom stereocenters. The van der Waals surface area contributed by atoms with Crippen LogP contribution in [0.2, 0.25) is 0 Å². The van der Waals surface area contributed by atoms with E-state index in [1.165, 1.54) is 18.2 Å². The summed E-state index contributed by atoms with van der Waals surface area (Å²) in [5, 5.41) is 2.45. The molecule has 0 bridgehead atoms. The Morgan fingerprint density at radius 3 is 2.59 bits per heavy atom. The number of likely N-dealkylation sites (N-methyl/N-ethyl adjacent to an activating group) is 1. The number of carbonyl (C=O) groups is 2. The van der Waals surface area contributed by atoms with Crippen LogP contribution in [-0.2, 0) is 9.59 Å². The van der Waals surface area contributed by atoms with Crippen molar-refractivity contribution in [2.24, 2.45) is 0 Å². The van der Waals surface area contributed by atoms with Crippen molar-refractivity contribution < 1.29 is 32.2 Å². The van der Waals surface area contributed by atoms with Gasteiger partial charge in [0.05, 0.1) is 24.3 Å². The maximum atomic E-state index is 13.8. The Hall–Kier alpha value is -3.27. The molecule has 32 heavy (non-hydrogen) atoms. The number of amides is 2. The van der Waals surface area contributed by atoms with Crippen molar-refractivity contribution in [2.45, 2.75) is 24.7 Å². The SMILES string of the molecule is CN(CC(=O)N1c2ccccc2NC(=O)C[C@H]1C(F)(F)F)C[C@H]1COc2ccccc2O1. The molecule has 2 aliphatic heterocycles. The zero-order valence-corrected chi connectivity index (χ0v) is 17.3. The van der Waals surface area contributed by atoms with Gasteiger partial charge in [-0.2, -0.15) is 13.2 Å². The first-order valence-electron chi connectivity index (χ1n) is 10.1. The van der Waals surface area contributed by atoms with Gasteiger partial charge in [0.2, 0.25) is 11.8 Å². The van der Waals surface area contributed by atoms with Gasteiger partial charge in [-0.05, 0) is 31.3 Å². The first-order valence-corrected chi connectivity index (χ1v) is 10.1. The van der Waals surface area contributed by atoms with E-state index in [1.54, 1.807) is 36.2 Å². The van der Waals surface area contributed by atoms with Crippen LogP contribution in [0.1, 0.15) is 6.42 Å². The highest BCUT2D eigenvalue weighted by Gasteiger charge is 2.49. The van der Waals surface area contributed by atoms with Gasteiger partial charge in [0.15, 0.2) is 11.5 Å². The van der Waals surface area contributed by atoms with Gasteiger partial charge in [-0.25, -0.2) is 0 Å². The number of halogens is 3. The van der Waals surface area contributed by atoms with Crippen molar-refractivity contribution >= 4 is 23.2 Å². The number of fused-ring (bicyclic) bond motifs is 2. The third-order valence-corrected chi connectivity index (χ3v) is 5.26. The number of nitrogens with one attached hydrogen (secondary N) is 1. The monoisotopic (exact) mass is 449 g/mol. The van der Waals surface area contributed by atoms with Gasteiger partial charge in [-0.15, -0.1) is 0 Å². The number of benzene rings is 2. The van der Waals surface area contributed by atoms with Crippen LogP contribution in [0.25, 0.3) is 0 Å². The Kier molecular flexibility index (Phi) is 5.96. The minimum Gasteiger partial charge on any atom is -0.486 e. The quantitative estimate of drug-likeness (QED) is 0.777. The molecule has 170 valence electrons. The highest BCUT2D eigenvalue weighted by Crippen LogP contribution is 2.38. The number of nitrogens with zero attached hydrogens (tertiary/aromatic N) is 2. The fourth-order valence-electron chi connectivity index (χ4n) is 3.87. The molecule has 0 unspecified atom stereocenters. The third-order valence-electron chi connectivity index (χ3n) is 5.26. The lowest BCUT2D eigenvalue weighted by molar-refractivity contribution is -0.158. The van der Waals surface area contributed by atoms with Gasteiger partial charge in [0.1, 0.15) is 18.8 Å². The van der Waals surface area contributed by atoms with Gasteiger partial charge in [-0.1, -0.05) is 24.3 Å². The maximum absolute atomic E-state index is 13.8. The number of hydrogen-bond donors (Lipinski definition) is 1. The molecule has 0 saturated heterocycles. The van der Waals surface area contributed by atoms with Crippen LogP contribution >= 0.6 is 0 Å². The molecule has 0 aromatic heterocycles. The Bertz CT molecular complexity index is 1010. The van der Waals surface area contributed by atoms with E-state index < -0.39 is 30.5 Å². The zero-order chi connectivity index (χ0) is 22.9. The molecule has 7 nitrogen and oxygen atoms in total. The highest BCUT2D eigenvalue weighted by atomic mass is 19.4. The largest absolute Gasteiger partial charge is 0.486 e. The molecule has 0 spiro atoms. The molecule has 0 radical (unpaired) electrons. The number of rotatable bonds is 4. The van der Waals surface area contributed by atoms with Crippen molar-refractivity contribution in [3.05, 3.63) is 48.5 Å². The van der Waals surface area contributed by atoms with Crippen molar-refractivity contribution in [2.75, 3.05) is 37.0 Å². The molecule has 0 aliphatic carbocycles. The summed E-state index contributed by atoms with van der Waals surface area (Å²) in [5.74, 6) is -0.369. The van der Waals surface area contributed by atoms with Gasteiger partial charge < -0.3 is 14.8 Å². The standard InChI is InChI=1S/C22H22F3N3O4/c1-27(11-14-13-31-17-8-4-5-9-18(17)32-14)12-21(30)28-16-7-3-2-6-15(16)26-20(29)10-19(28)22(23,24)25/h2-9,14,19H,10-13H2,1H3,(H,26,29)/t14-,19-/m0/s1. The highest BCUT2D eigenvalue weighted by molar-refractivity contribution is 6.05. The summed E-state index contributed by atoms with van der Waals surface area (Å²) in [7, 11) is 1.62. The lowest BCUT2D eigenvalue weighted by Crippen LogP contribution is -2.53. The number of anilines is 2. The molecule has 1 N–H and O–H groups in total. The predicted molar refractivity (Wildman–Crippen MR) is 111 cm³/mol. The van der Waals surface area contributed by atoms with Crippen molar-refractivity contribution in [3.63, 3.8) is 0 Å². The predicted octanol–water partition coefficient (Wildman–Crippen LogP) is 3.06. The summed E-state index contributed by atoms with van der Waals surface area (Å²) in [5.41, 5.74) is 0.186. The van der Waals surface area contributed by atoms with E-state index in [0.29, 0.717) is 16.4 Å². The molecule has 2 aromatic carbocycles. The molecule has 10 heteroatoms. The van der Waals surface area contributed by atoms with E-state index >= 15 is 0 Å². The van der Waals surface area contributed by atoms with E-state index in [-0.39, 0.29) is 37.2 Å². The molecule has 2 aromatic rings. The molecule has 2 heterocycles. The summed E-state index contributed by atoms with van der Waals surface area (Å²) in [6.07, 6.45) is -6.03. The second kappa shape index (κ2) is 8.70. The summed E-state index contributed by atoms with van der Waals surface area (Å²) >= 11 is 0. The molecular formula is C22H22F3N3O4. The number of hydrogen-bond acceptors (Lipinski definition) is 5. The topological polar surface area (TPSA) is 71.1 Å². The minimum absolute atomic E-state index is 0.0188. The summed E-state index contributed by atoms with van der Waals surface area (Å²) in [6.45, 7) is 0.228. The lowest BCUT2D eigenvalue weighted by Gasteiger charge is -2.34. The van der Waals surface area contributed by atoms with Crippen LogP contribution in [0.5, 0.6) is 11.5 Å².